The van der Waals surface area contributed by atoms with Crippen molar-refractivity contribution < 1.29 is 0 Å². The van der Waals surface area contributed by atoms with Crippen LogP contribution in [0, 0.1) is 6.92 Å². The Bertz CT molecular complexity index is 588. The number of nitrogens with one attached hydrogen (secondary N) is 3. The highest BCUT2D eigenvalue weighted by atomic mass is 15.1. The van der Waals surface area contributed by atoms with E-state index in [1.54, 1.807) is 0 Å². The number of nitrogens with zero attached hydrogens (tertiary/aromatic N) is 1. The van der Waals surface area contributed by atoms with Crippen molar-refractivity contribution in [3.8, 4) is 0 Å². The number of hydrogen-bond donors (Lipinski definition) is 3. The van der Waals surface area contributed by atoms with Gasteiger partial charge in [0.15, 0.2) is 0 Å². The molecular weight excluding hydrogens is 260 g/mol. The van der Waals surface area contributed by atoms with Crippen LogP contribution in [0.5, 0.6) is 0 Å². The molecule has 1 aliphatic heterocycles. The first-order chi connectivity index (χ1) is 10.3. The van der Waals surface area contributed by atoms with Crippen molar-refractivity contribution in [2.75, 3.05) is 18.4 Å². The number of para-hydroxylation sites is 1. The molecule has 3 rings (SSSR count). The van der Waals surface area contributed by atoms with Crippen molar-refractivity contribution in [3.63, 3.8) is 0 Å². The second-order valence-corrected chi connectivity index (χ2v) is 5.78. The van der Waals surface area contributed by atoms with Crippen LogP contribution < -0.4 is 10.6 Å². The zero-order chi connectivity index (χ0) is 14.5. The Morgan fingerprint density at radius 3 is 3.10 bits per heavy atom. The van der Waals surface area contributed by atoms with Gasteiger partial charge in [-0.15, -0.1) is 0 Å². The third-order valence-corrected chi connectivity index (χ3v) is 4.21. The summed E-state index contributed by atoms with van der Waals surface area (Å²) in [4.78, 5) is 0. The van der Waals surface area contributed by atoms with Crippen molar-refractivity contribution in [3.05, 3.63) is 46.8 Å². The highest BCUT2D eigenvalue weighted by Crippen LogP contribution is 2.25. The summed E-state index contributed by atoms with van der Waals surface area (Å²) in [5, 5.41) is 14.2. The molecule has 2 aromatic rings. The summed E-state index contributed by atoms with van der Waals surface area (Å²) in [5.41, 5.74) is 6.75. The number of rotatable bonds is 6. The lowest BCUT2D eigenvalue weighted by Gasteiger charge is -2.21. The van der Waals surface area contributed by atoms with Crippen LogP contribution in [-0.4, -0.2) is 23.3 Å². The van der Waals surface area contributed by atoms with Crippen molar-refractivity contribution >= 4 is 5.69 Å². The van der Waals surface area contributed by atoms with Crippen LogP contribution in [-0.2, 0) is 19.4 Å². The molecule has 0 saturated heterocycles. The standard InChI is InChI=1S/C17H24N4/c1-13-15(12-20-21-13)8-3-9-18-11-16-6-2-5-14-7-4-10-19-17(14)16/h2,5-6,12,18-19H,3-4,7-11H2,1H3,(H,20,21). The lowest BCUT2D eigenvalue weighted by molar-refractivity contribution is 0.647. The summed E-state index contributed by atoms with van der Waals surface area (Å²) < 4.78 is 0. The molecule has 0 atom stereocenters. The minimum atomic E-state index is 0.945. The number of fused-ring (bicyclic) bond motifs is 1. The highest BCUT2D eigenvalue weighted by Gasteiger charge is 2.11. The number of aromatic amines is 1. The van der Waals surface area contributed by atoms with Gasteiger partial charge < -0.3 is 10.6 Å². The molecule has 0 spiro atoms. The molecule has 0 amide bonds. The summed E-state index contributed by atoms with van der Waals surface area (Å²) in [5.74, 6) is 0. The molecular formula is C17H24N4. The van der Waals surface area contributed by atoms with E-state index < -0.39 is 0 Å². The molecule has 1 aliphatic rings. The minimum absolute atomic E-state index is 0.945. The second-order valence-electron chi connectivity index (χ2n) is 5.78. The topological polar surface area (TPSA) is 52.7 Å². The van der Waals surface area contributed by atoms with E-state index >= 15 is 0 Å². The average molecular weight is 284 g/mol. The van der Waals surface area contributed by atoms with Gasteiger partial charge in [-0.1, -0.05) is 18.2 Å². The monoisotopic (exact) mass is 284 g/mol. The summed E-state index contributed by atoms with van der Waals surface area (Å²) in [6, 6.07) is 6.65. The predicted octanol–water partition coefficient (Wildman–Crippen LogP) is 2.80. The number of benzene rings is 1. The van der Waals surface area contributed by atoms with Crippen LogP contribution in [0.2, 0.25) is 0 Å². The van der Waals surface area contributed by atoms with Gasteiger partial charge >= 0.3 is 0 Å². The predicted molar refractivity (Wildman–Crippen MR) is 86.6 cm³/mol. The van der Waals surface area contributed by atoms with Crippen LogP contribution in [0.1, 0.15) is 35.2 Å². The van der Waals surface area contributed by atoms with Gasteiger partial charge in [0.25, 0.3) is 0 Å². The zero-order valence-corrected chi connectivity index (χ0v) is 12.7. The fraction of sp³-hybridized carbons (Fsp3) is 0.471. The van der Waals surface area contributed by atoms with Crippen molar-refractivity contribution in [1.82, 2.24) is 15.5 Å². The Morgan fingerprint density at radius 2 is 2.24 bits per heavy atom. The van der Waals surface area contributed by atoms with E-state index in [0.29, 0.717) is 0 Å². The van der Waals surface area contributed by atoms with E-state index in [4.69, 9.17) is 0 Å². The maximum Gasteiger partial charge on any atom is 0.0522 e. The second kappa shape index (κ2) is 6.76. The molecule has 0 bridgehead atoms. The Hall–Kier alpha value is -1.81. The van der Waals surface area contributed by atoms with Gasteiger partial charge in [0.05, 0.1) is 6.20 Å². The number of aromatic nitrogens is 2. The number of H-pyrrole nitrogens is 1. The third kappa shape index (κ3) is 3.45. The van der Waals surface area contributed by atoms with Crippen LogP contribution in [0.3, 0.4) is 0 Å². The normalized spacial score (nSPS) is 13.8. The van der Waals surface area contributed by atoms with Crippen LogP contribution in [0.4, 0.5) is 5.69 Å². The molecule has 0 fully saturated rings. The van der Waals surface area contributed by atoms with Crippen LogP contribution in [0.15, 0.2) is 24.4 Å². The molecule has 1 aromatic carbocycles. The molecule has 4 heteroatoms. The fourth-order valence-electron chi connectivity index (χ4n) is 2.98. The maximum atomic E-state index is 4.06. The van der Waals surface area contributed by atoms with Gasteiger partial charge in [0.2, 0.25) is 0 Å². The van der Waals surface area contributed by atoms with Crippen molar-refractivity contribution in [2.45, 2.75) is 39.2 Å². The molecule has 112 valence electrons. The summed E-state index contributed by atoms with van der Waals surface area (Å²) in [7, 11) is 0. The van der Waals surface area contributed by atoms with Crippen LogP contribution in [0.25, 0.3) is 0 Å². The smallest absolute Gasteiger partial charge is 0.0522 e. The summed E-state index contributed by atoms with van der Waals surface area (Å²) >= 11 is 0. The van der Waals surface area contributed by atoms with Gasteiger partial charge in [-0.05, 0) is 55.8 Å². The molecule has 2 heterocycles. The molecule has 0 unspecified atom stereocenters. The molecule has 3 N–H and O–H groups in total. The van der Waals surface area contributed by atoms with Crippen LogP contribution >= 0.6 is 0 Å². The molecule has 21 heavy (non-hydrogen) atoms. The first-order valence-corrected chi connectivity index (χ1v) is 7.89. The largest absolute Gasteiger partial charge is 0.385 e. The third-order valence-electron chi connectivity index (χ3n) is 4.21. The van der Waals surface area contributed by atoms with E-state index in [9.17, 15) is 0 Å². The molecule has 1 aromatic heterocycles. The average Bonchev–Trinajstić information content (AvgIpc) is 2.92. The minimum Gasteiger partial charge on any atom is -0.385 e. The first kappa shape index (κ1) is 14.1. The lowest BCUT2D eigenvalue weighted by atomic mass is 9.99. The number of aryl methyl sites for hydroxylation is 3. The Balaban J connectivity index is 1.46. The van der Waals surface area contributed by atoms with E-state index in [0.717, 1.165) is 32.5 Å². The number of anilines is 1. The van der Waals surface area contributed by atoms with Gasteiger partial charge in [-0.2, -0.15) is 5.10 Å². The molecule has 0 aliphatic carbocycles. The Morgan fingerprint density at radius 1 is 1.29 bits per heavy atom. The number of hydrogen-bond acceptors (Lipinski definition) is 3. The lowest BCUT2D eigenvalue weighted by Crippen LogP contribution is -2.19. The van der Waals surface area contributed by atoms with Crippen molar-refractivity contribution in [2.24, 2.45) is 0 Å². The van der Waals surface area contributed by atoms with Gasteiger partial charge in [0.1, 0.15) is 0 Å². The van der Waals surface area contributed by atoms with E-state index in [1.165, 1.54) is 40.9 Å². The summed E-state index contributed by atoms with van der Waals surface area (Å²) in [6.45, 7) is 5.16. The molecule has 0 saturated carbocycles. The Kier molecular flexibility index (Phi) is 4.55. The van der Waals surface area contributed by atoms with E-state index in [2.05, 4.69) is 46.0 Å². The fourth-order valence-corrected chi connectivity index (χ4v) is 2.98. The van der Waals surface area contributed by atoms with E-state index in [1.807, 2.05) is 6.20 Å². The van der Waals surface area contributed by atoms with Gasteiger partial charge in [-0.3, -0.25) is 5.10 Å². The van der Waals surface area contributed by atoms with Crippen molar-refractivity contribution in [1.29, 1.82) is 0 Å². The zero-order valence-electron chi connectivity index (χ0n) is 12.7. The van der Waals surface area contributed by atoms with Gasteiger partial charge in [-0.25, -0.2) is 0 Å². The highest BCUT2D eigenvalue weighted by molar-refractivity contribution is 5.59. The molecule has 0 radical (unpaired) electrons. The quantitative estimate of drug-likeness (QED) is 0.715. The van der Waals surface area contributed by atoms with Gasteiger partial charge in [0, 0.05) is 24.5 Å². The molecule has 4 nitrogen and oxygen atoms in total. The summed E-state index contributed by atoms with van der Waals surface area (Å²) in [6.07, 6.45) is 6.61. The SMILES string of the molecule is Cc1[nH]ncc1CCCNCc1cccc2c1NCCC2. The van der Waals surface area contributed by atoms with E-state index in [-0.39, 0.29) is 0 Å². The maximum absolute atomic E-state index is 4.06. The first-order valence-electron chi connectivity index (χ1n) is 7.89. The Labute approximate surface area is 126 Å².